The van der Waals surface area contributed by atoms with Crippen LogP contribution in [0.25, 0.3) is 0 Å². The lowest BCUT2D eigenvalue weighted by atomic mass is 10.2. The van der Waals surface area contributed by atoms with Gasteiger partial charge >= 0.3 is 0 Å². The molecule has 0 radical (unpaired) electrons. The highest BCUT2D eigenvalue weighted by Gasteiger charge is 2.13. The Hall–Kier alpha value is -0.0700. The predicted molar refractivity (Wildman–Crippen MR) is 52.5 cm³/mol. The number of rotatable bonds is 2. The Morgan fingerprint density at radius 3 is 2.46 bits per heavy atom. The number of nitrogens with zero attached hydrogens (tertiary/aromatic N) is 1. The van der Waals surface area contributed by atoms with Crippen LogP contribution >= 0.6 is 31.9 Å². The van der Waals surface area contributed by atoms with Crippen LogP contribution in [0.15, 0.2) is 15.1 Å². The topological polar surface area (TPSA) is 38.9 Å². The molecule has 0 unspecified atom stereocenters. The van der Waals surface area contributed by atoms with Crippen molar-refractivity contribution in [1.29, 1.82) is 0 Å². The largest absolute Gasteiger partial charge is 0.326 e. The van der Waals surface area contributed by atoms with Gasteiger partial charge in [0.25, 0.3) is 6.43 Å². The van der Waals surface area contributed by atoms with E-state index in [1.165, 1.54) is 6.07 Å². The van der Waals surface area contributed by atoms with E-state index in [4.69, 9.17) is 5.73 Å². The number of aromatic nitrogens is 1. The minimum atomic E-state index is -2.57. The van der Waals surface area contributed by atoms with Gasteiger partial charge in [-0.2, -0.15) is 0 Å². The van der Waals surface area contributed by atoms with E-state index in [-0.39, 0.29) is 12.2 Å². The SMILES string of the molecule is NCc1c(Br)cc(C(F)F)nc1Br. The van der Waals surface area contributed by atoms with Crippen molar-refractivity contribution in [3.8, 4) is 0 Å². The zero-order valence-corrected chi connectivity index (χ0v) is 9.57. The van der Waals surface area contributed by atoms with E-state index >= 15 is 0 Å². The van der Waals surface area contributed by atoms with E-state index in [1.807, 2.05) is 0 Å². The summed E-state index contributed by atoms with van der Waals surface area (Å²) in [6.45, 7) is 0.248. The second-order valence-corrected chi connectivity index (χ2v) is 3.91. The molecule has 0 saturated heterocycles. The summed E-state index contributed by atoms with van der Waals surface area (Å²) in [7, 11) is 0. The first-order valence-electron chi connectivity index (χ1n) is 3.39. The molecule has 0 aromatic carbocycles. The van der Waals surface area contributed by atoms with E-state index in [0.717, 1.165) is 0 Å². The van der Waals surface area contributed by atoms with Crippen LogP contribution in [0, 0.1) is 0 Å². The number of alkyl halides is 2. The fourth-order valence-corrected chi connectivity index (χ4v) is 2.25. The van der Waals surface area contributed by atoms with Crippen molar-refractivity contribution < 1.29 is 8.78 Å². The summed E-state index contributed by atoms with van der Waals surface area (Å²) in [6, 6.07) is 1.28. The van der Waals surface area contributed by atoms with Crippen LogP contribution in [0.2, 0.25) is 0 Å². The first kappa shape index (κ1) is 11.0. The molecule has 0 saturated carbocycles. The van der Waals surface area contributed by atoms with Gasteiger partial charge < -0.3 is 5.73 Å². The lowest BCUT2D eigenvalue weighted by Gasteiger charge is -2.06. The highest BCUT2D eigenvalue weighted by molar-refractivity contribution is 9.11. The molecule has 1 aromatic heterocycles. The molecule has 2 N–H and O–H groups in total. The molecule has 0 amide bonds. The minimum absolute atomic E-state index is 0.248. The number of hydrogen-bond acceptors (Lipinski definition) is 2. The first-order chi connectivity index (χ1) is 6.06. The second-order valence-electron chi connectivity index (χ2n) is 2.30. The molecule has 0 fully saturated rings. The number of hydrogen-bond donors (Lipinski definition) is 1. The average molecular weight is 316 g/mol. The summed E-state index contributed by atoms with van der Waals surface area (Å²) in [5, 5.41) is 0. The van der Waals surface area contributed by atoms with Crippen molar-refractivity contribution in [2.45, 2.75) is 13.0 Å². The van der Waals surface area contributed by atoms with Gasteiger partial charge in [-0.25, -0.2) is 13.8 Å². The van der Waals surface area contributed by atoms with E-state index < -0.39 is 6.43 Å². The van der Waals surface area contributed by atoms with Crippen LogP contribution in [-0.2, 0) is 6.54 Å². The third kappa shape index (κ3) is 2.45. The number of pyridine rings is 1. The monoisotopic (exact) mass is 314 g/mol. The first-order valence-corrected chi connectivity index (χ1v) is 4.98. The number of halogens is 4. The van der Waals surface area contributed by atoms with Gasteiger partial charge in [-0.3, -0.25) is 0 Å². The fourth-order valence-electron chi connectivity index (χ4n) is 0.822. The molecule has 1 rings (SSSR count). The van der Waals surface area contributed by atoms with E-state index in [0.29, 0.717) is 14.6 Å². The molecule has 1 aromatic rings. The van der Waals surface area contributed by atoms with Crippen molar-refractivity contribution >= 4 is 31.9 Å². The van der Waals surface area contributed by atoms with E-state index in [2.05, 4.69) is 36.8 Å². The molecule has 6 heteroatoms. The van der Waals surface area contributed by atoms with Crippen LogP contribution in [0.1, 0.15) is 17.7 Å². The third-order valence-electron chi connectivity index (χ3n) is 1.47. The Balaban J connectivity index is 3.20. The molecule has 0 aliphatic heterocycles. The van der Waals surface area contributed by atoms with Crippen molar-refractivity contribution in [2.75, 3.05) is 0 Å². The van der Waals surface area contributed by atoms with E-state index in [1.54, 1.807) is 0 Å². The third-order valence-corrected chi connectivity index (χ3v) is 2.83. The maximum atomic E-state index is 12.2. The summed E-state index contributed by atoms with van der Waals surface area (Å²) in [5.74, 6) is 0. The highest BCUT2D eigenvalue weighted by Crippen LogP contribution is 2.28. The maximum absolute atomic E-state index is 12.2. The van der Waals surface area contributed by atoms with Gasteiger partial charge in [-0.1, -0.05) is 15.9 Å². The molecule has 0 atom stereocenters. The molecule has 0 spiro atoms. The minimum Gasteiger partial charge on any atom is -0.326 e. The Morgan fingerprint density at radius 2 is 2.08 bits per heavy atom. The second kappa shape index (κ2) is 4.43. The van der Waals surface area contributed by atoms with Gasteiger partial charge in [0.05, 0.1) is 0 Å². The van der Waals surface area contributed by atoms with Crippen LogP contribution < -0.4 is 5.73 Å². The molecule has 2 nitrogen and oxygen atoms in total. The molecule has 0 aliphatic carbocycles. The summed E-state index contributed by atoms with van der Waals surface area (Å²) >= 11 is 6.22. The predicted octanol–water partition coefficient (Wildman–Crippen LogP) is 3.00. The van der Waals surface area contributed by atoms with Gasteiger partial charge in [0.2, 0.25) is 0 Å². The quantitative estimate of drug-likeness (QED) is 0.852. The summed E-state index contributed by atoms with van der Waals surface area (Å²) in [4.78, 5) is 3.66. The number of nitrogens with two attached hydrogens (primary N) is 1. The standard InChI is InChI=1S/C7H6Br2F2N2/c8-4-1-5(7(10)11)13-6(9)3(4)2-12/h1,7H,2,12H2. The molecule has 0 aliphatic rings. The summed E-state index contributed by atoms with van der Waals surface area (Å²) in [6.07, 6.45) is -2.57. The van der Waals surface area contributed by atoms with Crippen molar-refractivity contribution in [3.05, 3.63) is 26.4 Å². The Kier molecular flexibility index (Phi) is 3.75. The molecular formula is C7H6Br2F2N2. The fraction of sp³-hybridized carbons (Fsp3) is 0.286. The van der Waals surface area contributed by atoms with Crippen molar-refractivity contribution in [1.82, 2.24) is 4.98 Å². The maximum Gasteiger partial charge on any atom is 0.280 e. The van der Waals surface area contributed by atoms with Gasteiger partial charge in [-0.05, 0) is 22.0 Å². The molecule has 13 heavy (non-hydrogen) atoms. The van der Waals surface area contributed by atoms with Gasteiger partial charge in [0, 0.05) is 16.6 Å². The van der Waals surface area contributed by atoms with Crippen LogP contribution in [0.3, 0.4) is 0 Å². The molecular weight excluding hydrogens is 310 g/mol. The normalized spacial score (nSPS) is 10.9. The van der Waals surface area contributed by atoms with E-state index in [9.17, 15) is 8.78 Å². The highest BCUT2D eigenvalue weighted by atomic mass is 79.9. The Bertz CT molecular complexity index is 294. The smallest absolute Gasteiger partial charge is 0.280 e. The molecule has 72 valence electrons. The molecule has 0 bridgehead atoms. The summed E-state index contributed by atoms with van der Waals surface area (Å²) in [5.41, 5.74) is 5.81. The Labute approximate surface area is 90.8 Å². The van der Waals surface area contributed by atoms with Crippen LogP contribution in [-0.4, -0.2) is 4.98 Å². The lowest BCUT2D eigenvalue weighted by Crippen LogP contribution is -2.02. The van der Waals surface area contributed by atoms with Crippen LogP contribution in [0.4, 0.5) is 8.78 Å². The van der Waals surface area contributed by atoms with Crippen molar-refractivity contribution in [3.63, 3.8) is 0 Å². The zero-order chi connectivity index (χ0) is 10.0. The van der Waals surface area contributed by atoms with Gasteiger partial charge in [0.15, 0.2) is 0 Å². The zero-order valence-electron chi connectivity index (χ0n) is 6.40. The summed E-state index contributed by atoms with van der Waals surface area (Å²) < 4.78 is 25.4. The van der Waals surface area contributed by atoms with Crippen molar-refractivity contribution in [2.24, 2.45) is 5.73 Å². The molecule has 1 heterocycles. The van der Waals surface area contributed by atoms with Gasteiger partial charge in [0.1, 0.15) is 10.3 Å². The van der Waals surface area contributed by atoms with Crippen LogP contribution in [0.5, 0.6) is 0 Å². The Morgan fingerprint density at radius 1 is 1.46 bits per heavy atom. The average Bonchev–Trinajstić information content (AvgIpc) is 2.03. The van der Waals surface area contributed by atoms with Gasteiger partial charge in [-0.15, -0.1) is 0 Å². The lowest BCUT2D eigenvalue weighted by molar-refractivity contribution is 0.145.